The van der Waals surface area contributed by atoms with Gasteiger partial charge in [-0.3, -0.25) is 0 Å². The zero-order valence-corrected chi connectivity index (χ0v) is 7.70. The minimum Gasteiger partial charge on any atom is -0.508 e. The molecule has 0 aliphatic carbocycles. The SMILES string of the molecule is CCCC(O)Nc1cccc(O)c1. The molecule has 72 valence electrons. The van der Waals surface area contributed by atoms with E-state index in [1.54, 1.807) is 24.3 Å². The predicted molar refractivity (Wildman–Crippen MR) is 52.6 cm³/mol. The molecular formula is C10H15NO2. The first-order valence-corrected chi connectivity index (χ1v) is 4.46. The van der Waals surface area contributed by atoms with E-state index in [9.17, 15) is 5.11 Å². The van der Waals surface area contributed by atoms with Crippen molar-refractivity contribution >= 4 is 5.69 Å². The maximum Gasteiger partial charge on any atom is 0.124 e. The van der Waals surface area contributed by atoms with Gasteiger partial charge in [0.1, 0.15) is 12.0 Å². The van der Waals surface area contributed by atoms with Crippen molar-refractivity contribution in [2.75, 3.05) is 5.32 Å². The summed E-state index contributed by atoms with van der Waals surface area (Å²) in [7, 11) is 0. The van der Waals surface area contributed by atoms with Crippen molar-refractivity contribution in [3.8, 4) is 5.75 Å². The maximum absolute atomic E-state index is 9.40. The summed E-state index contributed by atoms with van der Waals surface area (Å²) in [5.74, 6) is 0.202. The number of aromatic hydroxyl groups is 1. The lowest BCUT2D eigenvalue weighted by molar-refractivity contribution is 0.192. The number of anilines is 1. The molecule has 1 rings (SSSR count). The van der Waals surface area contributed by atoms with Gasteiger partial charge in [0.25, 0.3) is 0 Å². The topological polar surface area (TPSA) is 52.5 Å². The van der Waals surface area contributed by atoms with Gasteiger partial charge < -0.3 is 15.5 Å². The van der Waals surface area contributed by atoms with Gasteiger partial charge in [-0.1, -0.05) is 19.4 Å². The Kier molecular flexibility index (Phi) is 3.58. The lowest BCUT2D eigenvalue weighted by Crippen LogP contribution is -2.17. The van der Waals surface area contributed by atoms with Crippen LogP contribution in [0.3, 0.4) is 0 Å². The molecule has 1 aromatic carbocycles. The first-order chi connectivity index (χ1) is 6.22. The fourth-order valence-electron chi connectivity index (χ4n) is 1.13. The van der Waals surface area contributed by atoms with Crippen molar-refractivity contribution in [1.29, 1.82) is 0 Å². The molecule has 3 N–H and O–H groups in total. The van der Waals surface area contributed by atoms with Crippen molar-refractivity contribution in [1.82, 2.24) is 0 Å². The number of benzene rings is 1. The van der Waals surface area contributed by atoms with Crippen molar-refractivity contribution in [3.05, 3.63) is 24.3 Å². The second-order valence-electron chi connectivity index (χ2n) is 3.00. The van der Waals surface area contributed by atoms with Crippen LogP contribution in [0, 0.1) is 0 Å². The smallest absolute Gasteiger partial charge is 0.124 e. The van der Waals surface area contributed by atoms with Gasteiger partial charge in [-0.15, -0.1) is 0 Å². The maximum atomic E-state index is 9.40. The third-order valence-electron chi connectivity index (χ3n) is 1.74. The van der Waals surface area contributed by atoms with Crippen LogP contribution in [0.2, 0.25) is 0 Å². The molecule has 1 atom stereocenters. The Labute approximate surface area is 78.0 Å². The number of phenolic OH excluding ortho intramolecular Hbond substituents is 1. The molecule has 0 fully saturated rings. The van der Waals surface area contributed by atoms with Crippen molar-refractivity contribution < 1.29 is 10.2 Å². The van der Waals surface area contributed by atoms with Crippen LogP contribution in [-0.4, -0.2) is 16.4 Å². The Bertz CT molecular complexity index is 263. The van der Waals surface area contributed by atoms with Gasteiger partial charge in [0.15, 0.2) is 0 Å². The van der Waals surface area contributed by atoms with E-state index < -0.39 is 6.23 Å². The number of nitrogens with one attached hydrogen (secondary N) is 1. The molecule has 1 unspecified atom stereocenters. The molecule has 13 heavy (non-hydrogen) atoms. The van der Waals surface area contributed by atoms with Crippen LogP contribution in [0.25, 0.3) is 0 Å². The highest BCUT2D eigenvalue weighted by atomic mass is 16.3. The van der Waals surface area contributed by atoms with Crippen LogP contribution in [0.1, 0.15) is 19.8 Å². The molecule has 0 spiro atoms. The number of hydrogen-bond donors (Lipinski definition) is 3. The van der Waals surface area contributed by atoms with Gasteiger partial charge in [-0.2, -0.15) is 0 Å². The van der Waals surface area contributed by atoms with Crippen LogP contribution in [-0.2, 0) is 0 Å². The first kappa shape index (κ1) is 9.86. The number of rotatable bonds is 4. The van der Waals surface area contributed by atoms with E-state index in [0.29, 0.717) is 6.42 Å². The lowest BCUT2D eigenvalue weighted by Gasteiger charge is -2.12. The molecule has 0 heterocycles. The summed E-state index contributed by atoms with van der Waals surface area (Å²) in [5, 5.41) is 21.4. The molecule has 0 radical (unpaired) electrons. The van der Waals surface area contributed by atoms with Gasteiger partial charge >= 0.3 is 0 Å². The highest BCUT2D eigenvalue weighted by Gasteiger charge is 2.01. The number of hydrogen-bond acceptors (Lipinski definition) is 3. The lowest BCUT2D eigenvalue weighted by atomic mass is 10.2. The van der Waals surface area contributed by atoms with Gasteiger partial charge in [0.2, 0.25) is 0 Å². The van der Waals surface area contributed by atoms with Gasteiger partial charge in [0.05, 0.1) is 0 Å². The van der Waals surface area contributed by atoms with Gasteiger partial charge in [0, 0.05) is 11.8 Å². The Morgan fingerprint density at radius 3 is 2.85 bits per heavy atom. The Morgan fingerprint density at radius 1 is 1.46 bits per heavy atom. The van der Waals surface area contributed by atoms with Crippen LogP contribution < -0.4 is 5.32 Å². The quantitative estimate of drug-likeness (QED) is 0.622. The Balaban J connectivity index is 2.53. The summed E-state index contributed by atoms with van der Waals surface area (Å²) < 4.78 is 0. The van der Waals surface area contributed by atoms with E-state index >= 15 is 0 Å². The molecule has 0 aliphatic heterocycles. The van der Waals surface area contributed by atoms with E-state index in [2.05, 4.69) is 5.32 Å². The number of phenols is 1. The van der Waals surface area contributed by atoms with Crippen LogP contribution in [0.4, 0.5) is 5.69 Å². The zero-order chi connectivity index (χ0) is 9.68. The molecular weight excluding hydrogens is 166 g/mol. The summed E-state index contributed by atoms with van der Waals surface area (Å²) in [6.07, 6.45) is 1.09. The third-order valence-corrected chi connectivity index (χ3v) is 1.74. The Morgan fingerprint density at radius 2 is 2.23 bits per heavy atom. The summed E-state index contributed by atoms with van der Waals surface area (Å²) >= 11 is 0. The normalized spacial score (nSPS) is 12.5. The molecule has 3 heteroatoms. The van der Waals surface area contributed by atoms with Crippen LogP contribution in [0.15, 0.2) is 24.3 Å². The fraction of sp³-hybridized carbons (Fsp3) is 0.400. The van der Waals surface area contributed by atoms with E-state index in [1.165, 1.54) is 0 Å². The standard InChI is InChI=1S/C10H15NO2/c1-2-4-10(13)11-8-5-3-6-9(12)7-8/h3,5-7,10-13H,2,4H2,1H3. The molecule has 0 aromatic heterocycles. The van der Waals surface area contributed by atoms with Gasteiger partial charge in [-0.25, -0.2) is 0 Å². The van der Waals surface area contributed by atoms with Crippen LogP contribution >= 0.6 is 0 Å². The van der Waals surface area contributed by atoms with Crippen molar-refractivity contribution in [3.63, 3.8) is 0 Å². The molecule has 0 amide bonds. The molecule has 0 bridgehead atoms. The number of aliphatic hydroxyl groups is 1. The summed E-state index contributed by atoms with van der Waals surface area (Å²) in [4.78, 5) is 0. The summed E-state index contributed by atoms with van der Waals surface area (Å²) in [6.45, 7) is 2.01. The molecule has 0 aliphatic rings. The summed E-state index contributed by atoms with van der Waals surface area (Å²) in [5.41, 5.74) is 0.737. The Hall–Kier alpha value is -1.22. The van der Waals surface area contributed by atoms with Crippen molar-refractivity contribution in [2.24, 2.45) is 0 Å². The third kappa shape index (κ3) is 3.34. The minimum atomic E-state index is -0.535. The van der Waals surface area contributed by atoms with Crippen LogP contribution in [0.5, 0.6) is 5.75 Å². The second kappa shape index (κ2) is 4.72. The monoisotopic (exact) mass is 181 g/mol. The van der Waals surface area contributed by atoms with E-state index in [0.717, 1.165) is 12.1 Å². The second-order valence-corrected chi connectivity index (χ2v) is 3.00. The number of aliphatic hydroxyl groups excluding tert-OH is 1. The molecule has 3 nitrogen and oxygen atoms in total. The van der Waals surface area contributed by atoms with E-state index in [1.807, 2.05) is 6.92 Å². The first-order valence-electron chi connectivity index (χ1n) is 4.46. The molecule has 0 saturated heterocycles. The molecule has 1 aromatic rings. The van der Waals surface area contributed by atoms with E-state index in [4.69, 9.17) is 5.11 Å². The highest BCUT2D eigenvalue weighted by molar-refractivity contribution is 5.47. The fourth-order valence-corrected chi connectivity index (χ4v) is 1.13. The minimum absolute atomic E-state index is 0.202. The van der Waals surface area contributed by atoms with E-state index in [-0.39, 0.29) is 5.75 Å². The predicted octanol–water partition coefficient (Wildman–Crippen LogP) is 1.92. The average Bonchev–Trinajstić information content (AvgIpc) is 2.04. The largest absolute Gasteiger partial charge is 0.508 e. The molecule has 0 saturated carbocycles. The van der Waals surface area contributed by atoms with Gasteiger partial charge in [-0.05, 0) is 18.6 Å². The highest BCUT2D eigenvalue weighted by Crippen LogP contribution is 2.16. The summed E-state index contributed by atoms with van der Waals surface area (Å²) in [6, 6.07) is 6.71. The average molecular weight is 181 g/mol. The zero-order valence-electron chi connectivity index (χ0n) is 7.70. The van der Waals surface area contributed by atoms with Crippen molar-refractivity contribution in [2.45, 2.75) is 26.0 Å².